The van der Waals surface area contributed by atoms with E-state index in [2.05, 4.69) is 36.1 Å². The lowest BCUT2D eigenvalue weighted by Gasteiger charge is -2.24. The van der Waals surface area contributed by atoms with Crippen LogP contribution in [0.5, 0.6) is 0 Å². The average Bonchev–Trinajstić information content (AvgIpc) is 2.96. The lowest BCUT2D eigenvalue weighted by molar-refractivity contribution is -0.133. The molecule has 0 aliphatic carbocycles. The summed E-state index contributed by atoms with van der Waals surface area (Å²) in [4.78, 5) is 50.7. The van der Waals surface area contributed by atoms with Crippen molar-refractivity contribution in [1.29, 1.82) is 0 Å². The number of carbonyl (C=O) groups excluding carboxylic acids is 4. The van der Waals surface area contributed by atoms with E-state index in [1.54, 1.807) is 25.1 Å². The Labute approximate surface area is 186 Å². The highest BCUT2D eigenvalue weighted by atomic mass is 16.5. The van der Waals surface area contributed by atoms with Crippen molar-refractivity contribution in [2.75, 3.05) is 19.0 Å². The predicted molar refractivity (Wildman–Crippen MR) is 119 cm³/mol. The normalized spacial score (nSPS) is 18.3. The Morgan fingerprint density at radius 3 is 2.34 bits per heavy atom. The third-order valence-electron chi connectivity index (χ3n) is 5.47. The van der Waals surface area contributed by atoms with Crippen LogP contribution in [-0.4, -0.2) is 42.4 Å². The summed E-state index contributed by atoms with van der Waals surface area (Å²) in [5.74, 6) is -1.62. The first kappa shape index (κ1) is 23.0. The SMILES string of the molecule is COC(=O)c1cccc(NC(=O)CN2C(=O)NC(C)(c3ccc(C(C)(C)C)cc3)C2=O)c1. The van der Waals surface area contributed by atoms with Crippen molar-refractivity contribution in [3.05, 3.63) is 65.2 Å². The van der Waals surface area contributed by atoms with E-state index in [1.807, 2.05) is 24.3 Å². The molecule has 2 N–H and O–H groups in total. The van der Waals surface area contributed by atoms with E-state index in [4.69, 9.17) is 0 Å². The van der Waals surface area contributed by atoms with Gasteiger partial charge in [-0.3, -0.25) is 14.5 Å². The number of anilines is 1. The van der Waals surface area contributed by atoms with Crippen LogP contribution >= 0.6 is 0 Å². The van der Waals surface area contributed by atoms with Gasteiger partial charge in [-0.15, -0.1) is 0 Å². The summed E-state index contributed by atoms with van der Waals surface area (Å²) < 4.78 is 4.67. The average molecular weight is 437 g/mol. The Balaban J connectivity index is 1.73. The van der Waals surface area contributed by atoms with Crippen molar-refractivity contribution >= 4 is 29.5 Å². The van der Waals surface area contributed by atoms with E-state index >= 15 is 0 Å². The molecule has 1 fully saturated rings. The molecule has 2 aromatic rings. The second kappa shape index (κ2) is 8.45. The van der Waals surface area contributed by atoms with Crippen LogP contribution in [0.4, 0.5) is 10.5 Å². The molecular formula is C24H27N3O5. The summed E-state index contributed by atoms with van der Waals surface area (Å²) in [5, 5.41) is 5.30. The highest BCUT2D eigenvalue weighted by molar-refractivity contribution is 6.10. The maximum absolute atomic E-state index is 13.1. The number of methoxy groups -OCH3 is 1. The number of ether oxygens (including phenoxy) is 1. The van der Waals surface area contributed by atoms with Gasteiger partial charge >= 0.3 is 12.0 Å². The van der Waals surface area contributed by atoms with Gasteiger partial charge in [-0.2, -0.15) is 0 Å². The number of nitrogens with zero attached hydrogens (tertiary/aromatic N) is 1. The number of amides is 4. The third-order valence-corrected chi connectivity index (χ3v) is 5.47. The van der Waals surface area contributed by atoms with Crippen molar-refractivity contribution < 1.29 is 23.9 Å². The van der Waals surface area contributed by atoms with Crippen LogP contribution < -0.4 is 10.6 Å². The number of nitrogens with one attached hydrogen (secondary N) is 2. The molecule has 8 heteroatoms. The van der Waals surface area contributed by atoms with Gasteiger partial charge in [-0.25, -0.2) is 9.59 Å². The molecule has 168 valence electrons. The minimum absolute atomic E-state index is 0.0440. The molecule has 0 radical (unpaired) electrons. The molecule has 4 amide bonds. The molecule has 1 atom stereocenters. The monoisotopic (exact) mass is 437 g/mol. The molecule has 0 aromatic heterocycles. The molecular weight excluding hydrogens is 410 g/mol. The zero-order valence-electron chi connectivity index (χ0n) is 18.8. The summed E-state index contributed by atoms with van der Waals surface area (Å²) in [6.07, 6.45) is 0. The van der Waals surface area contributed by atoms with Gasteiger partial charge in [0.25, 0.3) is 5.91 Å². The van der Waals surface area contributed by atoms with Crippen molar-refractivity contribution in [2.45, 2.75) is 38.6 Å². The fraction of sp³-hybridized carbons (Fsp3) is 0.333. The Bertz CT molecular complexity index is 1070. The number of carbonyl (C=O) groups is 4. The maximum Gasteiger partial charge on any atom is 0.337 e. The molecule has 1 aliphatic rings. The van der Waals surface area contributed by atoms with Gasteiger partial charge in [0, 0.05) is 5.69 Å². The topological polar surface area (TPSA) is 105 Å². The first-order valence-electron chi connectivity index (χ1n) is 10.2. The van der Waals surface area contributed by atoms with Gasteiger partial charge < -0.3 is 15.4 Å². The number of hydrogen-bond acceptors (Lipinski definition) is 5. The van der Waals surface area contributed by atoms with Crippen molar-refractivity contribution in [3.8, 4) is 0 Å². The highest BCUT2D eigenvalue weighted by Crippen LogP contribution is 2.31. The fourth-order valence-electron chi connectivity index (χ4n) is 3.53. The van der Waals surface area contributed by atoms with Gasteiger partial charge in [-0.1, -0.05) is 51.1 Å². The quantitative estimate of drug-likeness (QED) is 0.552. The van der Waals surface area contributed by atoms with E-state index in [-0.39, 0.29) is 11.0 Å². The second-order valence-electron chi connectivity index (χ2n) is 8.89. The Morgan fingerprint density at radius 2 is 1.75 bits per heavy atom. The largest absolute Gasteiger partial charge is 0.465 e. The molecule has 1 saturated heterocycles. The molecule has 1 aliphatic heterocycles. The number of imide groups is 1. The number of hydrogen-bond donors (Lipinski definition) is 2. The lowest BCUT2D eigenvalue weighted by Crippen LogP contribution is -2.42. The molecule has 0 spiro atoms. The minimum atomic E-state index is -1.27. The van der Waals surface area contributed by atoms with E-state index in [0.29, 0.717) is 11.3 Å². The van der Waals surface area contributed by atoms with Gasteiger partial charge in [-0.05, 0) is 41.7 Å². The molecule has 2 aromatic carbocycles. The van der Waals surface area contributed by atoms with Crippen molar-refractivity contribution in [3.63, 3.8) is 0 Å². The summed E-state index contributed by atoms with van der Waals surface area (Å²) in [7, 11) is 1.26. The number of urea groups is 1. The van der Waals surface area contributed by atoms with Crippen molar-refractivity contribution in [1.82, 2.24) is 10.2 Å². The zero-order valence-corrected chi connectivity index (χ0v) is 18.8. The first-order chi connectivity index (χ1) is 15.0. The molecule has 1 heterocycles. The molecule has 0 saturated carbocycles. The van der Waals surface area contributed by atoms with Crippen LogP contribution in [-0.2, 0) is 25.3 Å². The van der Waals surface area contributed by atoms with Gasteiger partial charge in [0.2, 0.25) is 5.91 Å². The molecule has 1 unspecified atom stereocenters. The van der Waals surface area contributed by atoms with Gasteiger partial charge in [0.1, 0.15) is 12.1 Å². The fourth-order valence-corrected chi connectivity index (χ4v) is 3.53. The van der Waals surface area contributed by atoms with Crippen LogP contribution in [0, 0.1) is 0 Å². The van der Waals surface area contributed by atoms with Gasteiger partial charge in [0.15, 0.2) is 0 Å². The minimum Gasteiger partial charge on any atom is -0.465 e. The molecule has 8 nitrogen and oxygen atoms in total. The number of esters is 1. The van der Waals surface area contributed by atoms with Crippen molar-refractivity contribution in [2.24, 2.45) is 0 Å². The Kier molecular flexibility index (Phi) is 6.07. The Morgan fingerprint density at radius 1 is 1.09 bits per heavy atom. The molecule has 32 heavy (non-hydrogen) atoms. The first-order valence-corrected chi connectivity index (χ1v) is 10.2. The predicted octanol–water partition coefficient (Wildman–Crippen LogP) is 3.18. The van der Waals surface area contributed by atoms with Crippen LogP contribution in [0.25, 0.3) is 0 Å². The standard InChI is InChI=1S/C24H27N3O5/c1-23(2,3)16-9-11-17(12-10-16)24(4)21(30)27(22(31)26-24)14-19(28)25-18-8-6-7-15(13-18)20(29)32-5/h6-13H,14H2,1-5H3,(H,25,28)(H,26,31). The maximum atomic E-state index is 13.1. The second-order valence-corrected chi connectivity index (χ2v) is 8.89. The molecule has 0 bridgehead atoms. The number of rotatable bonds is 5. The van der Waals surface area contributed by atoms with Crippen LogP contribution in [0.15, 0.2) is 48.5 Å². The van der Waals surface area contributed by atoms with Crippen LogP contribution in [0.1, 0.15) is 49.2 Å². The summed E-state index contributed by atoms with van der Waals surface area (Å²) in [5.41, 5.74) is 1.05. The van der Waals surface area contributed by atoms with Gasteiger partial charge in [0.05, 0.1) is 12.7 Å². The third kappa shape index (κ3) is 4.49. The molecule has 3 rings (SSSR count). The smallest absolute Gasteiger partial charge is 0.337 e. The Hall–Kier alpha value is -3.68. The van der Waals surface area contributed by atoms with E-state index in [1.165, 1.54) is 13.2 Å². The summed E-state index contributed by atoms with van der Waals surface area (Å²) >= 11 is 0. The lowest BCUT2D eigenvalue weighted by atomic mass is 9.84. The highest BCUT2D eigenvalue weighted by Gasteiger charge is 2.49. The van der Waals surface area contributed by atoms with E-state index < -0.39 is 35.9 Å². The van der Waals surface area contributed by atoms with Crippen LogP contribution in [0.2, 0.25) is 0 Å². The van der Waals surface area contributed by atoms with E-state index in [9.17, 15) is 19.2 Å². The number of benzene rings is 2. The summed E-state index contributed by atoms with van der Waals surface area (Å²) in [6.45, 7) is 7.44. The summed E-state index contributed by atoms with van der Waals surface area (Å²) in [6, 6.07) is 13.1. The van der Waals surface area contributed by atoms with E-state index in [0.717, 1.165) is 10.5 Å². The zero-order chi connectivity index (χ0) is 23.7. The van der Waals surface area contributed by atoms with Crippen LogP contribution in [0.3, 0.4) is 0 Å².